The number of rotatable bonds is 13. The summed E-state index contributed by atoms with van der Waals surface area (Å²) in [7, 11) is 1.66. The average molecular weight is 452 g/mol. The predicted molar refractivity (Wildman–Crippen MR) is 125 cm³/mol. The zero-order valence-corrected chi connectivity index (χ0v) is 20.5. The second kappa shape index (κ2) is 13.9. The van der Waals surface area contributed by atoms with E-state index in [1.807, 2.05) is 13.8 Å². The highest BCUT2D eigenvalue weighted by molar-refractivity contribution is 5.97. The van der Waals surface area contributed by atoms with Gasteiger partial charge in [-0.25, -0.2) is 0 Å². The topological polar surface area (TPSA) is 102 Å². The van der Waals surface area contributed by atoms with Crippen LogP contribution >= 0.6 is 0 Å². The van der Waals surface area contributed by atoms with Crippen molar-refractivity contribution in [3.05, 3.63) is 11.6 Å². The van der Waals surface area contributed by atoms with Crippen LogP contribution in [0, 0.1) is 5.92 Å². The highest BCUT2D eigenvalue weighted by Gasteiger charge is 2.34. The van der Waals surface area contributed by atoms with Gasteiger partial charge in [0.05, 0.1) is 12.6 Å². The summed E-state index contributed by atoms with van der Waals surface area (Å²) in [5, 5.41) is 5.35. The van der Waals surface area contributed by atoms with Crippen molar-refractivity contribution in [3.63, 3.8) is 0 Å². The molecule has 32 heavy (non-hydrogen) atoms. The summed E-state index contributed by atoms with van der Waals surface area (Å²) in [4.78, 5) is 54.1. The van der Waals surface area contributed by atoms with Crippen LogP contribution in [-0.4, -0.2) is 97.2 Å². The van der Waals surface area contributed by atoms with E-state index in [-0.39, 0.29) is 36.2 Å². The molecule has 0 aliphatic carbocycles. The van der Waals surface area contributed by atoms with Crippen molar-refractivity contribution in [2.45, 2.75) is 59.5 Å². The summed E-state index contributed by atoms with van der Waals surface area (Å²) in [5.74, 6) is -0.452. The number of carbonyl (C=O) groups excluding carboxylic acids is 4. The number of hydrogen-bond donors (Lipinski definition) is 2. The zero-order chi connectivity index (χ0) is 24.3. The molecule has 2 N–H and O–H groups in total. The van der Waals surface area contributed by atoms with E-state index in [4.69, 9.17) is 0 Å². The molecular formula is C23H41N5O4. The highest BCUT2D eigenvalue weighted by Crippen LogP contribution is 2.21. The summed E-state index contributed by atoms with van der Waals surface area (Å²) < 4.78 is 0. The van der Waals surface area contributed by atoms with Gasteiger partial charge in [-0.2, -0.15) is 0 Å². The molecule has 9 nitrogen and oxygen atoms in total. The van der Waals surface area contributed by atoms with Gasteiger partial charge in [-0.1, -0.05) is 33.8 Å². The van der Waals surface area contributed by atoms with Gasteiger partial charge in [0, 0.05) is 32.3 Å². The Morgan fingerprint density at radius 2 is 1.84 bits per heavy atom. The molecule has 1 unspecified atom stereocenters. The Hall–Kier alpha value is -2.42. The van der Waals surface area contributed by atoms with E-state index < -0.39 is 6.04 Å². The first kappa shape index (κ1) is 27.6. The molecular weight excluding hydrogens is 410 g/mol. The molecule has 1 heterocycles. The van der Waals surface area contributed by atoms with E-state index in [9.17, 15) is 19.2 Å². The smallest absolute Gasteiger partial charge is 0.249 e. The third kappa shape index (κ3) is 7.93. The molecule has 0 aromatic heterocycles. The number of likely N-dealkylation sites (N-methyl/N-ethyl adjacent to an activating group) is 2. The summed E-state index contributed by atoms with van der Waals surface area (Å²) in [6, 6.07) is -0.764. The maximum Gasteiger partial charge on any atom is 0.249 e. The second-order valence-corrected chi connectivity index (χ2v) is 8.56. The van der Waals surface area contributed by atoms with Crippen molar-refractivity contribution >= 4 is 24.1 Å². The molecule has 1 aliphatic rings. The van der Waals surface area contributed by atoms with E-state index in [1.165, 1.54) is 0 Å². The summed E-state index contributed by atoms with van der Waals surface area (Å²) in [6.45, 7) is 13.5. The van der Waals surface area contributed by atoms with Crippen LogP contribution in [0.15, 0.2) is 11.6 Å². The maximum atomic E-state index is 13.2. The third-order valence-corrected chi connectivity index (χ3v) is 6.06. The molecule has 9 heteroatoms. The van der Waals surface area contributed by atoms with Crippen molar-refractivity contribution in [3.8, 4) is 0 Å². The van der Waals surface area contributed by atoms with Gasteiger partial charge in [0.1, 0.15) is 6.04 Å². The first-order valence-corrected chi connectivity index (χ1v) is 11.6. The Labute approximate surface area is 192 Å². The van der Waals surface area contributed by atoms with Gasteiger partial charge in [-0.05, 0) is 38.8 Å². The van der Waals surface area contributed by atoms with Crippen LogP contribution in [0.25, 0.3) is 0 Å². The van der Waals surface area contributed by atoms with Crippen molar-refractivity contribution in [1.82, 2.24) is 25.3 Å². The van der Waals surface area contributed by atoms with Crippen LogP contribution in [0.5, 0.6) is 0 Å². The van der Waals surface area contributed by atoms with Crippen molar-refractivity contribution in [2.24, 2.45) is 5.92 Å². The van der Waals surface area contributed by atoms with E-state index >= 15 is 0 Å². The van der Waals surface area contributed by atoms with Crippen LogP contribution in [0.4, 0.5) is 0 Å². The van der Waals surface area contributed by atoms with Crippen molar-refractivity contribution in [1.29, 1.82) is 0 Å². The lowest BCUT2D eigenvalue weighted by Gasteiger charge is -2.30. The molecule has 1 aliphatic heterocycles. The molecule has 1 fully saturated rings. The summed E-state index contributed by atoms with van der Waals surface area (Å²) in [5.41, 5.74) is 0.509. The van der Waals surface area contributed by atoms with Gasteiger partial charge in [0.2, 0.25) is 24.1 Å². The number of nitrogens with zero attached hydrogens (tertiary/aromatic N) is 3. The number of hydrogen-bond acceptors (Lipinski definition) is 5. The Kier molecular flexibility index (Phi) is 12.0. The molecule has 0 aromatic carbocycles. The van der Waals surface area contributed by atoms with Gasteiger partial charge in [0.15, 0.2) is 0 Å². The van der Waals surface area contributed by atoms with E-state index in [2.05, 4.69) is 29.4 Å². The minimum atomic E-state index is -0.462. The van der Waals surface area contributed by atoms with Crippen LogP contribution in [0.1, 0.15) is 47.5 Å². The largest absolute Gasteiger partial charge is 0.353 e. The normalized spacial score (nSPS) is 17.4. The fourth-order valence-corrected chi connectivity index (χ4v) is 4.00. The van der Waals surface area contributed by atoms with Gasteiger partial charge in [0.25, 0.3) is 0 Å². The minimum Gasteiger partial charge on any atom is -0.353 e. The quantitative estimate of drug-likeness (QED) is 0.316. The molecule has 1 rings (SSSR count). The SMILES string of the molecule is CCN(CC)CCNC(=O)[C@@H]1CCCN1C(=O)C(C)=CC(C(C)C)N(C)C(=O)CNC=O. The van der Waals surface area contributed by atoms with Gasteiger partial charge in [-0.3, -0.25) is 19.2 Å². The number of likely N-dealkylation sites (tertiary alicyclic amines) is 1. The highest BCUT2D eigenvalue weighted by atomic mass is 16.2. The lowest BCUT2D eigenvalue weighted by Crippen LogP contribution is -2.48. The van der Waals surface area contributed by atoms with E-state index in [0.29, 0.717) is 31.5 Å². The number of amides is 4. The molecule has 0 bridgehead atoms. The molecule has 182 valence electrons. The van der Waals surface area contributed by atoms with Gasteiger partial charge < -0.3 is 25.3 Å². The first-order valence-electron chi connectivity index (χ1n) is 11.6. The number of carbonyl (C=O) groups is 4. The average Bonchev–Trinajstić information content (AvgIpc) is 3.27. The molecule has 1 saturated heterocycles. The molecule has 0 saturated carbocycles. The van der Waals surface area contributed by atoms with Crippen LogP contribution in [0.3, 0.4) is 0 Å². The molecule has 0 spiro atoms. The van der Waals surface area contributed by atoms with E-state index in [0.717, 1.165) is 26.1 Å². The fourth-order valence-electron chi connectivity index (χ4n) is 4.00. The Morgan fingerprint density at radius 1 is 1.19 bits per heavy atom. The number of nitrogens with one attached hydrogen (secondary N) is 2. The molecule has 0 radical (unpaired) electrons. The predicted octanol–water partition coefficient (Wildman–Crippen LogP) is 0.611. The van der Waals surface area contributed by atoms with Crippen molar-refractivity contribution in [2.75, 3.05) is 46.3 Å². The fraction of sp³-hybridized carbons (Fsp3) is 0.739. The van der Waals surface area contributed by atoms with Crippen LogP contribution < -0.4 is 10.6 Å². The van der Waals surface area contributed by atoms with E-state index in [1.54, 1.807) is 29.8 Å². The lowest BCUT2D eigenvalue weighted by atomic mass is 9.99. The monoisotopic (exact) mass is 451 g/mol. The Bertz CT molecular complexity index is 675. The summed E-state index contributed by atoms with van der Waals surface area (Å²) in [6.07, 6.45) is 3.72. The van der Waals surface area contributed by atoms with Gasteiger partial charge in [-0.15, -0.1) is 0 Å². The van der Waals surface area contributed by atoms with Crippen molar-refractivity contribution < 1.29 is 19.2 Å². The molecule has 0 aromatic rings. The zero-order valence-electron chi connectivity index (χ0n) is 20.5. The third-order valence-electron chi connectivity index (χ3n) is 6.06. The van der Waals surface area contributed by atoms with Gasteiger partial charge >= 0.3 is 0 Å². The molecule has 2 atom stereocenters. The second-order valence-electron chi connectivity index (χ2n) is 8.56. The standard InChI is InChI=1S/C23H41N5O4/c1-7-27(8-2)13-11-25-22(31)19-10-9-12-28(19)23(32)18(5)14-20(17(3)4)26(6)21(30)15-24-16-29/h14,16-17,19-20H,7-13,15H2,1-6H3,(H,24,29)(H,25,31)/t19-,20?/m0/s1. The minimum absolute atomic E-state index is 0.0701. The van der Waals surface area contributed by atoms with Crippen LogP contribution in [0.2, 0.25) is 0 Å². The Morgan fingerprint density at radius 3 is 2.41 bits per heavy atom. The molecule has 4 amide bonds. The first-order chi connectivity index (χ1) is 15.2. The maximum absolute atomic E-state index is 13.2. The van der Waals surface area contributed by atoms with Crippen LogP contribution in [-0.2, 0) is 19.2 Å². The lowest BCUT2D eigenvalue weighted by molar-refractivity contribution is -0.135. The Balaban J connectivity index is 2.83. The summed E-state index contributed by atoms with van der Waals surface area (Å²) >= 11 is 0.